The van der Waals surface area contributed by atoms with Crippen LogP contribution >= 0.6 is 0 Å². The number of carbonyl (C=O) groups is 1. The Bertz CT molecular complexity index is 379. The van der Waals surface area contributed by atoms with Crippen molar-refractivity contribution in [3.63, 3.8) is 0 Å². The van der Waals surface area contributed by atoms with Crippen molar-refractivity contribution in [2.45, 2.75) is 45.3 Å². The molecule has 2 N–H and O–H groups in total. The number of carbonyl (C=O) groups excluding carboxylic acids is 1. The highest BCUT2D eigenvalue weighted by Crippen LogP contribution is 2.09. The van der Waals surface area contributed by atoms with Gasteiger partial charge in [0, 0.05) is 24.1 Å². The van der Waals surface area contributed by atoms with Crippen molar-refractivity contribution in [1.29, 1.82) is 0 Å². The normalized spacial score (nSPS) is 14.9. The molecule has 0 aromatic heterocycles. The molecule has 0 aliphatic rings. The van der Waals surface area contributed by atoms with E-state index in [1.54, 1.807) is 20.8 Å². The molecule has 0 radical (unpaired) electrons. The van der Waals surface area contributed by atoms with Gasteiger partial charge in [-0.3, -0.25) is 4.79 Å². The van der Waals surface area contributed by atoms with E-state index in [1.807, 2.05) is 0 Å². The molecule has 100 valence electrons. The highest BCUT2D eigenvalue weighted by Gasteiger charge is 2.16. The van der Waals surface area contributed by atoms with Gasteiger partial charge in [0.05, 0.1) is 0 Å². The second kappa shape index (κ2) is 6.16. The first-order chi connectivity index (χ1) is 7.49. The molecule has 0 amide bonds. The van der Waals surface area contributed by atoms with Crippen molar-refractivity contribution in [2.75, 3.05) is 6.26 Å². The first-order valence-corrected chi connectivity index (χ1v) is 7.31. The van der Waals surface area contributed by atoms with Crippen LogP contribution in [0, 0.1) is 0 Å². The maximum atomic E-state index is 11.3. The van der Waals surface area contributed by atoms with Gasteiger partial charge >= 0.3 is 5.97 Å². The van der Waals surface area contributed by atoms with Gasteiger partial charge in [-0.1, -0.05) is 6.08 Å². The van der Waals surface area contributed by atoms with Crippen molar-refractivity contribution in [3.8, 4) is 0 Å². The lowest BCUT2D eigenvalue weighted by Gasteiger charge is -2.19. The smallest absolute Gasteiger partial charge is 0.306 e. The summed E-state index contributed by atoms with van der Waals surface area (Å²) in [6.07, 6.45) is 3.00. The van der Waals surface area contributed by atoms with Crippen LogP contribution in [0.5, 0.6) is 0 Å². The zero-order valence-corrected chi connectivity index (χ0v) is 11.6. The van der Waals surface area contributed by atoms with E-state index in [9.17, 15) is 13.2 Å². The minimum atomic E-state index is -3.16. The van der Waals surface area contributed by atoms with Crippen LogP contribution in [0.4, 0.5) is 0 Å². The summed E-state index contributed by atoms with van der Waals surface area (Å²) >= 11 is 0. The standard InChI is InChI=1S/C11H21NO4S/c1-11(2,3)16-10(13)6-5-9(12)7-8-17(4,14)15/h7-9H,5-6,12H2,1-4H3/b8-7+/t9-/m0/s1. The number of ether oxygens (including phenoxy) is 1. The van der Waals surface area contributed by atoms with Crippen molar-refractivity contribution in [3.05, 3.63) is 11.5 Å². The molecule has 1 atom stereocenters. The number of hydrogen-bond donors (Lipinski definition) is 1. The monoisotopic (exact) mass is 263 g/mol. The minimum absolute atomic E-state index is 0.173. The molecule has 17 heavy (non-hydrogen) atoms. The van der Waals surface area contributed by atoms with E-state index in [4.69, 9.17) is 10.5 Å². The van der Waals surface area contributed by atoms with Crippen LogP contribution in [0.2, 0.25) is 0 Å². The van der Waals surface area contributed by atoms with Crippen molar-refractivity contribution >= 4 is 15.8 Å². The van der Waals surface area contributed by atoms with Crippen LogP contribution in [-0.2, 0) is 19.4 Å². The predicted molar refractivity (Wildman–Crippen MR) is 67.0 cm³/mol. The highest BCUT2D eigenvalue weighted by atomic mass is 32.2. The van der Waals surface area contributed by atoms with Gasteiger partial charge in [0.1, 0.15) is 5.60 Å². The fourth-order valence-electron chi connectivity index (χ4n) is 1.02. The maximum absolute atomic E-state index is 11.3. The second-order valence-electron chi connectivity index (χ2n) is 4.95. The average Bonchev–Trinajstić information content (AvgIpc) is 2.07. The Labute approximate surface area is 103 Å². The Hall–Kier alpha value is -0.880. The lowest BCUT2D eigenvalue weighted by molar-refractivity contribution is -0.154. The molecular formula is C11H21NO4S. The fourth-order valence-corrected chi connectivity index (χ4v) is 1.50. The topological polar surface area (TPSA) is 86.5 Å². The Kier molecular flexibility index (Phi) is 5.84. The molecule has 0 aromatic rings. The lowest BCUT2D eigenvalue weighted by atomic mass is 10.1. The Morgan fingerprint density at radius 2 is 1.94 bits per heavy atom. The van der Waals surface area contributed by atoms with Gasteiger partial charge in [-0.25, -0.2) is 8.42 Å². The highest BCUT2D eigenvalue weighted by molar-refractivity contribution is 7.93. The number of rotatable bonds is 5. The van der Waals surface area contributed by atoms with Crippen LogP contribution in [0.3, 0.4) is 0 Å². The summed E-state index contributed by atoms with van der Waals surface area (Å²) in [5, 5.41) is 1.05. The quantitative estimate of drug-likeness (QED) is 0.748. The minimum Gasteiger partial charge on any atom is -0.460 e. The van der Waals surface area contributed by atoms with Gasteiger partial charge in [0.15, 0.2) is 9.84 Å². The van der Waals surface area contributed by atoms with Crippen LogP contribution in [0.1, 0.15) is 33.6 Å². The average molecular weight is 263 g/mol. The molecule has 0 saturated carbocycles. The predicted octanol–water partition coefficient (Wildman–Crippen LogP) is 0.994. The fraction of sp³-hybridized carbons (Fsp3) is 0.727. The lowest BCUT2D eigenvalue weighted by Crippen LogP contribution is -2.25. The maximum Gasteiger partial charge on any atom is 0.306 e. The first-order valence-electron chi connectivity index (χ1n) is 5.35. The van der Waals surface area contributed by atoms with Gasteiger partial charge in [-0.15, -0.1) is 0 Å². The molecule has 0 aliphatic carbocycles. The summed E-state index contributed by atoms with van der Waals surface area (Å²) in [6, 6.07) is -0.461. The largest absolute Gasteiger partial charge is 0.460 e. The summed E-state index contributed by atoms with van der Waals surface area (Å²) < 4.78 is 26.8. The van der Waals surface area contributed by atoms with Crippen molar-refractivity contribution < 1.29 is 17.9 Å². The summed E-state index contributed by atoms with van der Waals surface area (Å²) in [4.78, 5) is 11.3. The molecule has 0 unspecified atom stereocenters. The van der Waals surface area contributed by atoms with E-state index in [0.717, 1.165) is 11.7 Å². The van der Waals surface area contributed by atoms with Crippen molar-refractivity contribution in [1.82, 2.24) is 0 Å². The zero-order chi connectivity index (χ0) is 13.7. The molecule has 0 fully saturated rings. The molecule has 6 heteroatoms. The van der Waals surface area contributed by atoms with E-state index in [2.05, 4.69) is 0 Å². The molecule has 0 aromatic carbocycles. The third-order valence-corrected chi connectivity index (χ3v) is 2.33. The van der Waals surface area contributed by atoms with Crippen molar-refractivity contribution in [2.24, 2.45) is 5.73 Å². The zero-order valence-electron chi connectivity index (χ0n) is 10.8. The van der Waals surface area contributed by atoms with E-state index in [1.165, 1.54) is 6.08 Å². The Balaban J connectivity index is 4.05. The van der Waals surface area contributed by atoms with Crippen LogP contribution in [0.15, 0.2) is 11.5 Å². The van der Waals surface area contributed by atoms with Gasteiger partial charge in [-0.05, 0) is 27.2 Å². The summed E-state index contributed by atoms with van der Waals surface area (Å²) in [5.74, 6) is -0.333. The second-order valence-corrected chi connectivity index (χ2v) is 6.88. The molecule has 0 aliphatic heterocycles. The number of hydrogen-bond acceptors (Lipinski definition) is 5. The van der Waals surface area contributed by atoms with Gasteiger partial charge in [0.25, 0.3) is 0 Å². The van der Waals surface area contributed by atoms with E-state index >= 15 is 0 Å². The summed E-state index contributed by atoms with van der Waals surface area (Å²) in [7, 11) is -3.16. The number of esters is 1. The first kappa shape index (κ1) is 16.1. The number of nitrogens with two attached hydrogens (primary N) is 1. The van der Waals surface area contributed by atoms with Gasteiger partial charge in [0.2, 0.25) is 0 Å². The molecule has 0 spiro atoms. The SMILES string of the molecule is CC(C)(C)OC(=O)CC[C@H](N)/C=C/S(C)(=O)=O. The number of sulfone groups is 1. The van der Waals surface area contributed by atoms with Gasteiger partial charge in [-0.2, -0.15) is 0 Å². The third kappa shape index (κ3) is 11.4. The Morgan fingerprint density at radius 3 is 2.35 bits per heavy atom. The molecular weight excluding hydrogens is 242 g/mol. The molecule has 0 heterocycles. The summed E-state index contributed by atoms with van der Waals surface area (Å²) in [5.41, 5.74) is 5.12. The van der Waals surface area contributed by atoms with Crippen LogP contribution in [-0.4, -0.2) is 32.3 Å². The van der Waals surface area contributed by atoms with Crippen LogP contribution < -0.4 is 5.73 Å². The van der Waals surface area contributed by atoms with E-state index < -0.39 is 21.5 Å². The molecule has 0 rings (SSSR count). The molecule has 0 saturated heterocycles. The van der Waals surface area contributed by atoms with Crippen LogP contribution in [0.25, 0.3) is 0 Å². The third-order valence-electron chi connectivity index (χ3n) is 1.67. The van der Waals surface area contributed by atoms with E-state index in [0.29, 0.717) is 6.42 Å². The molecule has 5 nitrogen and oxygen atoms in total. The summed E-state index contributed by atoms with van der Waals surface area (Å²) in [6.45, 7) is 5.36. The van der Waals surface area contributed by atoms with Gasteiger partial charge < -0.3 is 10.5 Å². The van der Waals surface area contributed by atoms with E-state index in [-0.39, 0.29) is 12.4 Å². The Morgan fingerprint density at radius 1 is 1.41 bits per heavy atom. The molecule has 0 bridgehead atoms.